The van der Waals surface area contributed by atoms with Crippen LogP contribution >= 0.6 is 0 Å². The molecule has 0 bridgehead atoms. The van der Waals surface area contributed by atoms with Crippen LogP contribution in [-0.4, -0.2) is 50.0 Å². The Labute approximate surface area is 207 Å². The molecule has 1 fully saturated rings. The van der Waals surface area contributed by atoms with Gasteiger partial charge in [0.15, 0.2) is 0 Å². The average Bonchev–Trinajstić information content (AvgIpc) is 2.81. The number of amides is 2. The zero-order valence-electron chi connectivity index (χ0n) is 20.5. The molecule has 2 aromatic rings. The van der Waals surface area contributed by atoms with Gasteiger partial charge in [-0.05, 0) is 50.5 Å². The van der Waals surface area contributed by atoms with Crippen molar-refractivity contribution in [3.05, 3.63) is 65.5 Å². The predicted octanol–water partition coefficient (Wildman–Crippen LogP) is 3.77. The second-order valence-electron chi connectivity index (χ2n) is 9.24. The van der Waals surface area contributed by atoms with Crippen LogP contribution in [0.25, 0.3) is 0 Å². The van der Waals surface area contributed by atoms with E-state index in [0.29, 0.717) is 5.69 Å². The van der Waals surface area contributed by atoms with E-state index in [0.717, 1.165) is 48.2 Å². The van der Waals surface area contributed by atoms with Crippen molar-refractivity contribution in [2.24, 2.45) is 0 Å². The van der Waals surface area contributed by atoms with Gasteiger partial charge >= 0.3 is 0 Å². The highest BCUT2D eigenvalue weighted by Gasteiger charge is 2.31. The highest BCUT2D eigenvalue weighted by molar-refractivity contribution is 7.92. The van der Waals surface area contributed by atoms with Gasteiger partial charge in [0.2, 0.25) is 21.8 Å². The van der Waals surface area contributed by atoms with E-state index in [9.17, 15) is 22.4 Å². The van der Waals surface area contributed by atoms with Crippen molar-refractivity contribution in [2.45, 2.75) is 64.6 Å². The predicted molar refractivity (Wildman–Crippen MR) is 135 cm³/mol. The molecule has 9 heteroatoms. The molecule has 2 aromatic carbocycles. The molecule has 2 amide bonds. The van der Waals surface area contributed by atoms with Crippen LogP contribution in [0.5, 0.6) is 0 Å². The maximum Gasteiger partial charge on any atom is 0.244 e. The van der Waals surface area contributed by atoms with Crippen molar-refractivity contribution >= 4 is 27.5 Å². The Kier molecular flexibility index (Phi) is 8.88. The lowest BCUT2D eigenvalue weighted by Crippen LogP contribution is -2.53. The number of anilines is 1. The number of nitrogens with zero attached hydrogens (tertiary/aromatic N) is 2. The molecule has 0 spiro atoms. The summed E-state index contributed by atoms with van der Waals surface area (Å²) in [7, 11) is -3.80. The number of nitrogens with one attached hydrogen (secondary N) is 1. The maximum absolute atomic E-state index is 14.5. The summed E-state index contributed by atoms with van der Waals surface area (Å²) in [5.74, 6) is -1.42. The summed E-state index contributed by atoms with van der Waals surface area (Å²) in [6.45, 7) is 2.76. The van der Waals surface area contributed by atoms with Gasteiger partial charge in [0.1, 0.15) is 18.4 Å². The highest BCUT2D eigenvalue weighted by atomic mass is 32.2. The third-order valence-electron chi connectivity index (χ3n) is 6.39. The van der Waals surface area contributed by atoms with Gasteiger partial charge in [-0.15, -0.1) is 0 Å². The minimum Gasteiger partial charge on any atom is -0.352 e. The van der Waals surface area contributed by atoms with Crippen LogP contribution in [0.2, 0.25) is 0 Å². The lowest BCUT2D eigenvalue weighted by atomic mass is 9.95. The monoisotopic (exact) mass is 503 g/mol. The number of carbonyl (C=O) groups is 2. The zero-order valence-corrected chi connectivity index (χ0v) is 21.4. The fourth-order valence-corrected chi connectivity index (χ4v) is 5.20. The molecule has 0 heterocycles. The minimum absolute atomic E-state index is 0.0453. The molecule has 0 aliphatic heterocycles. The molecule has 0 saturated heterocycles. The van der Waals surface area contributed by atoms with Crippen molar-refractivity contribution in [3.63, 3.8) is 0 Å². The lowest BCUT2D eigenvalue weighted by molar-refractivity contribution is -0.139. The van der Waals surface area contributed by atoms with Crippen LogP contribution in [0.4, 0.5) is 10.1 Å². The van der Waals surface area contributed by atoms with E-state index in [4.69, 9.17) is 0 Å². The molecular weight excluding hydrogens is 469 g/mol. The average molecular weight is 504 g/mol. The Morgan fingerprint density at radius 1 is 1.09 bits per heavy atom. The molecule has 0 radical (unpaired) electrons. The Bertz CT molecular complexity index is 1150. The summed E-state index contributed by atoms with van der Waals surface area (Å²) in [5, 5.41) is 3.02. The summed E-state index contributed by atoms with van der Waals surface area (Å²) in [4.78, 5) is 27.9. The van der Waals surface area contributed by atoms with Gasteiger partial charge in [-0.2, -0.15) is 0 Å². The SMILES string of the molecule is Cc1cccc(N(CC(=O)N(Cc2ccccc2F)[C@H](C)C(=O)NC2CCCCC2)S(C)(=O)=O)c1. The van der Waals surface area contributed by atoms with E-state index >= 15 is 0 Å². The first kappa shape index (κ1) is 26.7. The highest BCUT2D eigenvalue weighted by Crippen LogP contribution is 2.21. The maximum atomic E-state index is 14.5. The molecule has 0 unspecified atom stereocenters. The lowest BCUT2D eigenvalue weighted by Gasteiger charge is -2.33. The Morgan fingerprint density at radius 3 is 2.40 bits per heavy atom. The topological polar surface area (TPSA) is 86.8 Å². The fraction of sp³-hybridized carbons (Fsp3) is 0.462. The molecular formula is C26H34FN3O4S. The van der Waals surface area contributed by atoms with Crippen LogP contribution < -0.4 is 9.62 Å². The van der Waals surface area contributed by atoms with Gasteiger partial charge in [0.25, 0.3) is 0 Å². The van der Waals surface area contributed by atoms with Crippen LogP contribution in [-0.2, 0) is 26.2 Å². The number of hydrogen-bond donors (Lipinski definition) is 1. The summed E-state index contributed by atoms with van der Waals surface area (Å²) < 4.78 is 40.7. The van der Waals surface area contributed by atoms with Crippen LogP contribution in [0.3, 0.4) is 0 Å². The number of carbonyl (C=O) groups excluding carboxylic acids is 2. The zero-order chi connectivity index (χ0) is 25.6. The summed E-state index contributed by atoms with van der Waals surface area (Å²) in [6.07, 6.45) is 6.01. The molecule has 1 aliphatic rings. The van der Waals surface area contributed by atoms with Crippen LogP contribution in [0.15, 0.2) is 48.5 Å². The van der Waals surface area contributed by atoms with E-state index < -0.39 is 34.3 Å². The fourth-order valence-electron chi connectivity index (χ4n) is 4.36. The molecule has 35 heavy (non-hydrogen) atoms. The molecule has 1 saturated carbocycles. The van der Waals surface area contributed by atoms with E-state index in [2.05, 4.69) is 5.32 Å². The largest absolute Gasteiger partial charge is 0.352 e. The Hall–Kier alpha value is -2.94. The van der Waals surface area contributed by atoms with Gasteiger partial charge in [-0.25, -0.2) is 12.8 Å². The van der Waals surface area contributed by atoms with E-state index in [1.54, 1.807) is 43.3 Å². The van der Waals surface area contributed by atoms with E-state index in [1.807, 2.05) is 13.0 Å². The Morgan fingerprint density at radius 2 is 1.77 bits per heavy atom. The van der Waals surface area contributed by atoms with Crippen LogP contribution in [0.1, 0.15) is 50.2 Å². The second kappa shape index (κ2) is 11.7. The molecule has 7 nitrogen and oxygen atoms in total. The van der Waals surface area contributed by atoms with Crippen LogP contribution in [0, 0.1) is 12.7 Å². The normalized spacial score (nSPS) is 15.3. The first-order chi connectivity index (χ1) is 16.6. The number of hydrogen-bond acceptors (Lipinski definition) is 4. The third-order valence-corrected chi connectivity index (χ3v) is 7.53. The molecule has 1 atom stereocenters. The standard InChI is InChI=1S/C26H34FN3O4S/c1-19-10-9-14-23(16-19)30(35(3,33)34)18-25(31)29(17-21-11-7-8-15-24(21)27)20(2)26(32)28-22-12-5-4-6-13-22/h7-11,14-16,20,22H,4-6,12-13,17-18H2,1-3H3,(H,28,32)/t20-/m1/s1. The van der Waals surface area contributed by atoms with Crippen molar-refractivity contribution in [1.82, 2.24) is 10.2 Å². The van der Waals surface area contributed by atoms with Crippen molar-refractivity contribution in [3.8, 4) is 0 Å². The molecule has 1 N–H and O–H groups in total. The number of rotatable bonds is 9. The summed E-state index contributed by atoms with van der Waals surface area (Å²) in [6, 6.07) is 12.0. The number of halogens is 1. The van der Waals surface area contributed by atoms with E-state index in [-0.39, 0.29) is 24.1 Å². The summed E-state index contributed by atoms with van der Waals surface area (Å²) >= 11 is 0. The molecule has 3 rings (SSSR count). The molecule has 190 valence electrons. The number of aryl methyl sites for hydroxylation is 1. The molecule has 1 aliphatic carbocycles. The third kappa shape index (κ3) is 7.27. The summed E-state index contributed by atoms with van der Waals surface area (Å²) in [5.41, 5.74) is 1.44. The first-order valence-electron chi connectivity index (χ1n) is 11.9. The van der Waals surface area contributed by atoms with Gasteiger partial charge in [0, 0.05) is 18.2 Å². The quantitative estimate of drug-likeness (QED) is 0.565. The molecule has 0 aromatic heterocycles. The number of benzene rings is 2. The van der Waals surface area contributed by atoms with E-state index in [1.165, 1.54) is 11.0 Å². The van der Waals surface area contributed by atoms with Gasteiger partial charge < -0.3 is 10.2 Å². The number of sulfonamides is 1. The van der Waals surface area contributed by atoms with Gasteiger partial charge in [-0.1, -0.05) is 49.6 Å². The van der Waals surface area contributed by atoms with Gasteiger partial charge in [-0.3, -0.25) is 13.9 Å². The Balaban J connectivity index is 1.88. The smallest absolute Gasteiger partial charge is 0.244 e. The van der Waals surface area contributed by atoms with Crippen molar-refractivity contribution in [2.75, 3.05) is 17.1 Å². The van der Waals surface area contributed by atoms with Gasteiger partial charge in [0.05, 0.1) is 11.9 Å². The first-order valence-corrected chi connectivity index (χ1v) is 13.8. The van der Waals surface area contributed by atoms with Crippen molar-refractivity contribution < 1.29 is 22.4 Å². The second-order valence-corrected chi connectivity index (χ2v) is 11.1. The minimum atomic E-state index is -3.80. The van der Waals surface area contributed by atoms with Crippen molar-refractivity contribution in [1.29, 1.82) is 0 Å².